The van der Waals surface area contributed by atoms with Crippen LogP contribution in [0.25, 0.3) is 0 Å². The summed E-state index contributed by atoms with van der Waals surface area (Å²) < 4.78 is 31.7. The lowest BCUT2D eigenvalue weighted by Crippen LogP contribution is -2.45. The fourth-order valence-corrected chi connectivity index (χ4v) is 3.93. The fourth-order valence-electron chi connectivity index (χ4n) is 2.51. The van der Waals surface area contributed by atoms with Crippen LogP contribution in [0.4, 0.5) is 11.4 Å². The van der Waals surface area contributed by atoms with Crippen LogP contribution in [0, 0.1) is 6.92 Å². The lowest BCUT2D eigenvalue weighted by Gasteiger charge is -2.28. The van der Waals surface area contributed by atoms with Crippen molar-refractivity contribution in [3.8, 4) is 5.75 Å². The molecule has 0 aliphatic rings. The fraction of sp³-hybridized carbons (Fsp3) is 0.278. The first-order valence-corrected chi connectivity index (χ1v) is 10.5. The number of aryl methyl sites for hydroxylation is 1. The van der Waals surface area contributed by atoms with E-state index in [2.05, 4.69) is 21.2 Å². The molecule has 0 saturated heterocycles. The van der Waals surface area contributed by atoms with Crippen LogP contribution in [0.3, 0.4) is 0 Å². The smallest absolute Gasteiger partial charge is 0.247 e. The normalized spacial score (nSPS) is 12.3. The van der Waals surface area contributed by atoms with Crippen LogP contribution in [0.15, 0.2) is 46.9 Å². The molecule has 2 aromatic rings. The van der Waals surface area contributed by atoms with Gasteiger partial charge in [-0.05, 0) is 61.9 Å². The van der Waals surface area contributed by atoms with Crippen LogP contribution < -0.4 is 14.4 Å². The first-order chi connectivity index (χ1) is 12.1. The molecule has 0 fully saturated rings. The largest absolute Gasteiger partial charge is 0.497 e. The van der Waals surface area contributed by atoms with Gasteiger partial charge in [-0.2, -0.15) is 0 Å². The molecule has 2 aromatic carbocycles. The first-order valence-electron chi connectivity index (χ1n) is 7.84. The molecule has 0 aliphatic carbocycles. The summed E-state index contributed by atoms with van der Waals surface area (Å²) in [6, 6.07) is 11.0. The molecule has 26 heavy (non-hydrogen) atoms. The third-order valence-corrected chi connectivity index (χ3v) is 5.97. The third-order valence-electron chi connectivity index (χ3n) is 3.84. The number of ether oxygens (including phenoxy) is 1. The summed E-state index contributed by atoms with van der Waals surface area (Å²) in [6.07, 6.45) is 1.07. The number of anilines is 2. The van der Waals surface area contributed by atoms with Crippen molar-refractivity contribution in [3.63, 3.8) is 0 Å². The van der Waals surface area contributed by atoms with Gasteiger partial charge in [-0.15, -0.1) is 0 Å². The standard InChI is InChI=1S/C18H21BrN2O4S/c1-12-11-14(5-10-17(12)19)20-18(22)13(2)21(26(4,23)24)15-6-8-16(25-3)9-7-15/h5-11,13H,1-4H3,(H,20,22)/t13-/m0/s1. The molecule has 2 rings (SSSR count). The zero-order valence-corrected chi connectivity index (χ0v) is 17.4. The van der Waals surface area contributed by atoms with Crippen molar-refractivity contribution in [3.05, 3.63) is 52.5 Å². The second kappa shape index (κ2) is 8.09. The molecule has 1 atom stereocenters. The zero-order chi connectivity index (χ0) is 19.5. The van der Waals surface area contributed by atoms with Crippen LogP contribution in [0.2, 0.25) is 0 Å². The number of sulfonamides is 1. The van der Waals surface area contributed by atoms with Crippen LogP contribution >= 0.6 is 15.9 Å². The summed E-state index contributed by atoms with van der Waals surface area (Å²) in [5.41, 5.74) is 1.96. The van der Waals surface area contributed by atoms with Crippen LogP contribution in [0.5, 0.6) is 5.75 Å². The molecule has 8 heteroatoms. The lowest BCUT2D eigenvalue weighted by atomic mass is 10.2. The van der Waals surface area contributed by atoms with Crippen LogP contribution in [-0.2, 0) is 14.8 Å². The highest BCUT2D eigenvalue weighted by atomic mass is 79.9. The molecule has 0 spiro atoms. The Hall–Kier alpha value is -2.06. The summed E-state index contributed by atoms with van der Waals surface area (Å²) in [5, 5.41) is 2.76. The molecule has 0 bridgehead atoms. The second-order valence-electron chi connectivity index (χ2n) is 5.89. The Morgan fingerprint density at radius 2 is 1.81 bits per heavy atom. The summed E-state index contributed by atoms with van der Waals surface area (Å²) in [4.78, 5) is 12.6. The highest BCUT2D eigenvalue weighted by Gasteiger charge is 2.29. The van der Waals surface area contributed by atoms with Gasteiger partial charge in [-0.3, -0.25) is 9.10 Å². The van der Waals surface area contributed by atoms with Gasteiger partial charge in [0.1, 0.15) is 11.8 Å². The number of halogens is 1. The molecular formula is C18H21BrN2O4S. The van der Waals surface area contributed by atoms with Crippen molar-refractivity contribution in [2.24, 2.45) is 0 Å². The van der Waals surface area contributed by atoms with Crippen molar-refractivity contribution < 1.29 is 17.9 Å². The molecule has 0 unspecified atom stereocenters. The van der Waals surface area contributed by atoms with Gasteiger partial charge in [-0.1, -0.05) is 15.9 Å². The monoisotopic (exact) mass is 440 g/mol. The molecule has 0 aromatic heterocycles. The number of nitrogens with zero attached hydrogens (tertiary/aromatic N) is 1. The lowest BCUT2D eigenvalue weighted by molar-refractivity contribution is -0.116. The van der Waals surface area contributed by atoms with Crippen molar-refractivity contribution >= 4 is 43.2 Å². The molecule has 0 saturated carbocycles. The predicted octanol–water partition coefficient (Wildman–Crippen LogP) is 3.56. The van der Waals surface area contributed by atoms with Crippen molar-refractivity contribution in [1.29, 1.82) is 0 Å². The Labute approximate surface area is 162 Å². The van der Waals surface area contributed by atoms with E-state index in [0.717, 1.165) is 20.6 Å². The topological polar surface area (TPSA) is 75.7 Å². The third kappa shape index (κ3) is 4.76. The Balaban J connectivity index is 2.29. The average molecular weight is 441 g/mol. The van der Waals surface area contributed by atoms with E-state index in [0.29, 0.717) is 17.1 Å². The van der Waals surface area contributed by atoms with E-state index in [9.17, 15) is 13.2 Å². The first kappa shape index (κ1) is 20.3. The Kier molecular flexibility index (Phi) is 6.30. The Bertz CT molecular complexity index is 898. The molecule has 0 aliphatic heterocycles. The number of carbonyl (C=O) groups is 1. The van der Waals surface area contributed by atoms with Gasteiger partial charge in [0.25, 0.3) is 0 Å². The Morgan fingerprint density at radius 1 is 1.19 bits per heavy atom. The van der Waals surface area contributed by atoms with E-state index >= 15 is 0 Å². The quantitative estimate of drug-likeness (QED) is 0.744. The molecule has 6 nitrogen and oxygen atoms in total. The highest BCUT2D eigenvalue weighted by molar-refractivity contribution is 9.10. The van der Waals surface area contributed by atoms with Gasteiger partial charge in [-0.25, -0.2) is 8.42 Å². The van der Waals surface area contributed by atoms with E-state index in [4.69, 9.17) is 4.74 Å². The zero-order valence-electron chi connectivity index (χ0n) is 15.0. The van der Waals surface area contributed by atoms with Crippen LogP contribution in [-0.4, -0.2) is 33.7 Å². The van der Waals surface area contributed by atoms with E-state index in [1.807, 2.05) is 19.1 Å². The molecular weight excluding hydrogens is 420 g/mol. The van der Waals surface area contributed by atoms with Crippen molar-refractivity contribution in [2.75, 3.05) is 23.0 Å². The molecule has 0 radical (unpaired) electrons. The molecule has 0 heterocycles. The SMILES string of the molecule is COc1ccc(N([C@@H](C)C(=O)Nc2ccc(Br)c(C)c2)S(C)(=O)=O)cc1. The molecule has 1 N–H and O–H groups in total. The highest BCUT2D eigenvalue weighted by Crippen LogP contribution is 2.25. The number of nitrogens with one attached hydrogen (secondary N) is 1. The van der Waals surface area contributed by atoms with Crippen molar-refractivity contribution in [2.45, 2.75) is 19.9 Å². The average Bonchev–Trinajstić information content (AvgIpc) is 2.57. The van der Waals surface area contributed by atoms with Gasteiger partial charge in [0.05, 0.1) is 19.1 Å². The van der Waals surface area contributed by atoms with E-state index in [-0.39, 0.29) is 0 Å². The number of benzene rings is 2. The number of methoxy groups -OCH3 is 1. The minimum absolute atomic E-state index is 0.392. The van der Waals surface area contributed by atoms with E-state index in [1.54, 1.807) is 37.3 Å². The van der Waals surface area contributed by atoms with Gasteiger partial charge in [0, 0.05) is 10.2 Å². The predicted molar refractivity (Wildman–Crippen MR) is 107 cm³/mol. The number of carbonyl (C=O) groups excluding carboxylic acids is 1. The minimum atomic E-state index is -3.66. The number of hydrogen-bond acceptors (Lipinski definition) is 4. The van der Waals surface area contributed by atoms with Gasteiger partial charge in [0.2, 0.25) is 15.9 Å². The number of hydrogen-bond donors (Lipinski definition) is 1. The summed E-state index contributed by atoms with van der Waals surface area (Å²) in [7, 11) is -2.14. The summed E-state index contributed by atoms with van der Waals surface area (Å²) in [6.45, 7) is 3.45. The molecule has 1 amide bonds. The van der Waals surface area contributed by atoms with E-state index < -0.39 is 22.0 Å². The second-order valence-corrected chi connectivity index (χ2v) is 8.60. The van der Waals surface area contributed by atoms with E-state index in [1.165, 1.54) is 7.11 Å². The minimum Gasteiger partial charge on any atom is -0.497 e. The van der Waals surface area contributed by atoms with Gasteiger partial charge in [0.15, 0.2) is 0 Å². The maximum absolute atomic E-state index is 12.6. The maximum atomic E-state index is 12.6. The molecule has 140 valence electrons. The van der Waals surface area contributed by atoms with Gasteiger partial charge < -0.3 is 10.1 Å². The van der Waals surface area contributed by atoms with Crippen molar-refractivity contribution in [1.82, 2.24) is 0 Å². The van der Waals surface area contributed by atoms with Crippen LogP contribution in [0.1, 0.15) is 12.5 Å². The number of rotatable bonds is 6. The Morgan fingerprint density at radius 3 is 2.31 bits per heavy atom. The summed E-state index contributed by atoms with van der Waals surface area (Å²) in [5.74, 6) is 0.178. The van der Waals surface area contributed by atoms with Gasteiger partial charge >= 0.3 is 0 Å². The summed E-state index contributed by atoms with van der Waals surface area (Å²) >= 11 is 3.41. The maximum Gasteiger partial charge on any atom is 0.247 e. The number of amides is 1.